The Kier molecular flexibility index (Phi) is 5.50. The largest absolute Gasteiger partial charge is 0.370 e. The molecule has 2 aromatic carbocycles. The van der Waals surface area contributed by atoms with Crippen molar-refractivity contribution in [2.75, 3.05) is 11.9 Å². The summed E-state index contributed by atoms with van der Waals surface area (Å²) in [6, 6.07) is 14.2. The molecule has 0 aliphatic heterocycles. The van der Waals surface area contributed by atoms with Gasteiger partial charge in [-0.2, -0.15) is 5.26 Å². The summed E-state index contributed by atoms with van der Waals surface area (Å²) in [6.07, 6.45) is 1.59. The highest BCUT2D eigenvalue weighted by Gasteiger charge is 2.18. The molecule has 0 radical (unpaired) electrons. The lowest BCUT2D eigenvalue weighted by molar-refractivity contribution is 0.585. The quantitative estimate of drug-likeness (QED) is 0.459. The zero-order valence-corrected chi connectivity index (χ0v) is 16.7. The standard InChI is InChI=1S/C23H19F2N5O/c1-14-22(18-9-8-17(24)11-19(18)25)23-28-20(12-21(31)30(23)29-14)27-10-2-3-15-4-6-16(13-26)7-5-15/h4-9,11-12,27,29H,2-3,10H2,1H3. The number of halogens is 2. The average molecular weight is 419 g/mol. The molecule has 4 aromatic rings. The molecule has 6 nitrogen and oxygen atoms in total. The minimum Gasteiger partial charge on any atom is -0.370 e. The number of nitrogens with one attached hydrogen (secondary N) is 2. The van der Waals surface area contributed by atoms with E-state index in [1.807, 2.05) is 12.1 Å². The van der Waals surface area contributed by atoms with Crippen molar-refractivity contribution in [2.24, 2.45) is 0 Å². The van der Waals surface area contributed by atoms with Crippen LogP contribution in [0.15, 0.2) is 53.3 Å². The molecule has 0 atom stereocenters. The lowest BCUT2D eigenvalue weighted by atomic mass is 10.1. The molecule has 2 N–H and O–H groups in total. The summed E-state index contributed by atoms with van der Waals surface area (Å²) in [5.41, 5.74) is 2.79. The monoisotopic (exact) mass is 419 g/mol. The van der Waals surface area contributed by atoms with Gasteiger partial charge in [-0.25, -0.2) is 18.3 Å². The normalized spacial score (nSPS) is 10.9. The molecule has 0 bridgehead atoms. The number of fused-ring (bicyclic) bond motifs is 1. The average Bonchev–Trinajstić information content (AvgIpc) is 3.08. The third kappa shape index (κ3) is 4.16. The lowest BCUT2D eigenvalue weighted by Gasteiger charge is -2.07. The summed E-state index contributed by atoms with van der Waals surface area (Å²) in [6.45, 7) is 2.28. The van der Waals surface area contributed by atoms with E-state index in [4.69, 9.17) is 5.26 Å². The maximum atomic E-state index is 14.4. The van der Waals surface area contributed by atoms with Gasteiger partial charge in [0.05, 0.1) is 17.2 Å². The topological polar surface area (TPSA) is 86.0 Å². The molecule has 8 heteroatoms. The maximum absolute atomic E-state index is 14.4. The number of anilines is 1. The van der Waals surface area contributed by atoms with Gasteiger partial charge in [-0.1, -0.05) is 12.1 Å². The van der Waals surface area contributed by atoms with Crippen molar-refractivity contribution in [3.63, 3.8) is 0 Å². The second-order valence-corrected chi connectivity index (χ2v) is 7.21. The van der Waals surface area contributed by atoms with Gasteiger partial charge >= 0.3 is 0 Å². The van der Waals surface area contributed by atoms with Crippen LogP contribution in [-0.4, -0.2) is 21.1 Å². The fraction of sp³-hybridized carbons (Fsp3) is 0.174. The van der Waals surface area contributed by atoms with E-state index in [1.165, 1.54) is 22.7 Å². The second-order valence-electron chi connectivity index (χ2n) is 7.21. The molecule has 0 unspecified atom stereocenters. The van der Waals surface area contributed by atoms with Crippen LogP contribution in [0.2, 0.25) is 0 Å². The molecule has 0 fully saturated rings. The molecule has 0 aliphatic carbocycles. The maximum Gasteiger partial charge on any atom is 0.274 e. The molecule has 0 saturated heterocycles. The highest BCUT2D eigenvalue weighted by molar-refractivity contribution is 5.80. The molecule has 2 aromatic heterocycles. The molecule has 156 valence electrons. The van der Waals surface area contributed by atoms with Crippen LogP contribution in [0.4, 0.5) is 14.6 Å². The van der Waals surface area contributed by atoms with Crippen LogP contribution in [0.3, 0.4) is 0 Å². The van der Waals surface area contributed by atoms with Crippen LogP contribution in [0.25, 0.3) is 16.8 Å². The zero-order valence-electron chi connectivity index (χ0n) is 16.7. The van der Waals surface area contributed by atoms with Gasteiger partial charge in [0.2, 0.25) is 0 Å². The van der Waals surface area contributed by atoms with Crippen LogP contribution in [0, 0.1) is 29.9 Å². The summed E-state index contributed by atoms with van der Waals surface area (Å²) in [7, 11) is 0. The first-order valence-electron chi connectivity index (χ1n) is 9.77. The SMILES string of the molecule is Cc1[nH]n2c(=O)cc(NCCCc3ccc(C#N)cc3)nc2c1-c1ccc(F)cc1F. The molecule has 0 aliphatic rings. The number of benzene rings is 2. The van der Waals surface area contributed by atoms with Gasteiger partial charge in [0.25, 0.3) is 5.56 Å². The number of aromatic amines is 1. The Hall–Kier alpha value is -3.99. The van der Waals surface area contributed by atoms with Gasteiger partial charge < -0.3 is 5.32 Å². The summed E-state index contributed by atoms with van der Waals surface area (Å²) < 4.78 is 28.9. The van der Waals surface area contributed by atoms with Crippen LogP contribution in [0.5, 0.6) is 0 Å². The van der Waals surface area contributed by atoms with E-state index < -0.39 is 11.6 Å². The van der Waals surface area contributed by atoms with Gasteiger partial charge in [0.15, 0.2) is 5.65 Å². The summed E-state index contributed by atoms with van der Waals surface area (Å²) in [4.78, 5) is 17.0. The first kappa shape index (κ1) is 20.3. The lowest BCUT2D eigenvalue weighted by Crippen LogP contribution is -2.16. The third-order valence-electron chi connectivity index (χ3n) is 5.03. The fourth-order valence-corrected chi connectivity index (χ4v) is 3.51. The molecule has 0 saturated carbocycles. The Morgan fingerprint density at radius 2 is 1.94 bits per heavy atom. The van der Waals surface area contributed by atoms with Gasteiger partial charge in [0, 0.05) is 29.9 Å². The molecule has 31 heavy (non-hydrogen) atoms. The molecule has 0 amide bonds. The number of hydrogen-bond donors (Lipinski definition) is 2. The number of aryl methyl sites for hydroxylation is 2. The van der Waals surface area contributed by atoms with E-state index in [2.05, 4.69) is 21.5 Å². The van der Waals surface area contributed by atoms with Crippen molar-refractivity contribution in [1.29, 1.82) is 5.26 Å². The molecular formula is C23H19F2N5O. The Morgan fingerprint density at radius 3 is 2.65 bits per heavy atom. The van der Waals surface area contributed by atoms with Crippen molar-refractivity contribution in [3.05, 3.63) is 87.3 Å². The number of H-pyrrole nitrogens is 1. The highest BCUT2D eigenvalue weighted by atomic mass is 19.1. The van der Waals surface area contributed by atoms with Crippen LogP contribution >= 0.6 is 0 Å². The molecule has 0 spiro atoms. The van der Waals surface area contributed by atoms with Gasteiger partial charge in [-0.15, -0.1) is 0 Å². The second kappa shape index (κ2) is 8.40. The first-order valence-corrected chi connectivity index (χ1v) is 9.77. The number of aromatic nitrogens is 3. The molecule has 4 rings (SSSR count). The van der Waals surface area contributed by atoms with Crippen molar-refractivity contribution in [2.45, 2.75) is 19.8 Å². The van der Waals surface area contributed by atoms with Crippen LogP contribution < -0.4 is 10.9 Å². The summed E-state index contributed by atoms with van der Waals surface area (Å²) >= 11 is 0. The van der Waals surface area contributed by atoms with E-state index in [9.17, 15) is 13.6 Å². The third-order valence-corrected chi connectivity index (χ3v) is 5.03. The summed E-state index contributed by atoms with van der Waals surface area (Å²) in [5, 5.41) is 14.9. The van der Waals surface area contributed by atoms with Gasteiger partial charge in [0.1, 0.15) is 17.5 Å². The molecule has 2 heterocycles. The number of hydrogen-bond acceptors (Lipinski definition) is 4. The highest BCUT2D eigenvalue weighted by Crippen LogP contribution is 2.29. The fourth-order valence-electron chi connectivity index (χ4n) is 3.51. The predicted octanol–water partition coefficient (Wildman–Crippen LogP) is 4.19. The Morgan fingerprint density at radius 1 is 1.16 bits per heavy atom. The number of nitriles is 1. The van der Waals surface area contributed by atoms with Crippen LogP contribution in [-0.2, 0) is 6.42 Å². The van der Waals surface area contributed by atoms with Gasteiger partial charge in [-0.05, 0) is 49.6 Å². The van der Waals surface area contributed by atoms with E-state index >= 15 is 0 Å². The zero-order chi connectivity index (χ0) is 22.0. The van der Waals surface area contributed by atoms with E-state index in [1.54, 1.807) is 19.1 Å². The Balaban J connectivity index is 1.55. The predicted molar refractivity (Wildman–Crippen MR) is 114 cm³/mol. The van der Waals surface area contributed by atoms with Crippen molar-refractivity contribution < 1.29 is 8.78 Å². The van der Waals surface area contributed by atoms with Gasteiger partial charge in [-0.3, -0.25) is 9.89 Å². The minimum absolute atomic E-state index is 0.169. The Bertz CT molecular complexity index is 1350. The van der Waals surface area contributed by atoms with Crippen molar-refractivity contribution in [1.82, 2.24) is 14.6 Å². The Labute approximate surface area is 176 Å². The number of nitrogens with zero attached hydrogens (tertiary/aromatic N) is 3. The smallest absolute Gasteiger partial charge is 0.274 e. The minimum atomic E-state index is -0.723. The van der Waals surface area contributed by atoms with E-state index in [-0.39, 0.29) is 16.8 Å². The van der Waals surface area contributed by atoms with Crippen molar-refractivity contribution >= 4 is 11.5 Å². The van der Waals surface area contributed by atoms with Crippen molar-refractivity contribution in [3.8, 4) is 17.2 Å². The van der Waals surface area contributed by atoms with Crippen LogP contribution in [0.1, 0.15) is 23.2 Å². The first-order chi connectivity index (χ1) is 15.0. The number of rotatable bonds is 6. The molecular weight excluding hydrogens is 400 g/mol. The van der Waals surface area contributed by atoms with E-state index in [0.29, 0.717) is 29.2 Å². The van der Waals surface area contributed by atoms with E-state index in [0.717, 1.165) is 24.5 Å². The summed E-state index contributed by atoms with van der Waals surface area (Å²) in [5.74, 6) is -1.01.